The highest BCUT2D eigenvalue weighted by Gasteiger charge is 2.57. The van der Waals surface area contributed by atoms with Gasteiger partial charge in [0.15, 0.2) is 10.8 Å². The van der Waals surface area contributed by atoms with Crippen LogP contribution in [0.25, 0.3) is 6.08 Å². The van der Waals surface area contributed by atoms with Gasteiger partial charge in [-0.3, -0.25) is 14.4 Å². The highest BCUT2D eigenvalue weighted by atomic mass is 32.2. The minimum atomic E-state index is -1.23. The highest BCUT2D eigenvalue weighted by Crippen LogP contribution is 2.43. The minimum Gasteiger partial charge on any atom is -0.481 e. The van der Waals surface area contributed by atoms with Gasteiger partial charge >= 0.3 is 5.97 Å². The minimum absolute atomic E-state index is 0.0151. The van der Waals surface area contributed by atoms with Gasteiger partial charge in [0.25, 0.3) is 5.91 Å². The Labute approximate surface area is 200 Å². The van der Waals surface area contributed by atoms with E-state index in [1.165, 1.54) is 35.1 Å². The average molecular weight is 509 g/mol. The summed E-state index contributed by atoms with van der Waals surface area (Å²) in [7, 11) is 1.29. The van der Waals surface area contributed by atoms with Crippen molar-refractivity contribution >= 4 is 69.1 Å². The summed E-state index contributed by atoms with van der Waals surface area (Å²) in [5, 5.41) is 17.8. The van der Waals surface area contributed by atoms with Crippen LogP contribution in [0.5, 0.6) is 0 Å². The summed E-state index contributed by atoms with van der Waals surface area (Å²) >= 11 is 3.87. The second kappa shape index (κ2) is 9.11. The molecule has 11 nitrogen and oxygen atoms in total. The number of β-lactam (4-membered cyclic amide) rings is 1. The van der Waals surface area contributed by atoms with Crippen LogP contribution in [0, 0.1) is 12.3 Å². The number of aryl methyl sites for hydroxylation is 1. The molecule has 0 spiro atoms. The lowest BCUT2D eigenvalue weighted by atomic mass is 9.86. The summed E-state index contributed by atoms with van der Waals surface area (Å²) in [6.45, 7) is 1.86. The van der Waals surface area contributed by atoms with E-state index in [-0.39, 0.29) is 40.1 Å². The fraction of sp³-hybridized carbons (Fsp3) is 0.368. The smallest absolute Gasteiger partial charge is 0.316 e. The third-order valence-corrected chi connectivity index (χ3v) is 8.44. The zero-order valence-corrected chi connectivity index (χ0v) is 20.0. The average Bonchev–Trinajstić information content (AvgIpc) is 3.41. The maximum atomic E-state index is 12.8. The first kappa shape index (κ1) is 23.2. The number of nitrogens with zero attached hydrogens (tertiary/aromatic N) is 4. The Morgan fingerprint density at radius 2 is 2.24 bits per heavy atom. The van der Waals surface area contributed by atoms with Crippen molar-refractivity contribution in [1.29, 1.82) is 0 Å². The molecule has 33 heavy (non-hydrogen) atoms. The molecule has 2 aromatic heterocycles. The molecule has 3 atom stereocenters. The van der Waals surface area contributed by atoms with Crippen molar-refractivity contribution in [3.63, 3.8) is 0 Å². The van der Waals surface area contributed by atoms with Crippen LogP contribution in [0.2, 0.25) is 0 Å². The first-order chi connectivity index (χ1) is 15.8. The van der Waals surface area contributed by atoms with Crippen LogP contribution in [0.15, 0.2) is 22.1 Å². The zero-order valence-electron chi connectivity index (χ0n) is 17.5. The van der Waals surface area contributed by atoms with Gasteiger partial charge in [-0.25, -0.2) is 9.97 Å². The lowest BCUT2D eigenvalue weighted by Crippen LogP contribution is -2.73. The SMILES string of the molecule is CON=C(C(=O)NC1C(=O)N2CC(C=Cc3scnc3C)(C(=O)O)CS[C@H]12)c1csc(N)n1. The fourth-order valence-corrected chi connectivity index (χ4v) is 6.26. The number of amides is 2. The molecular formula is C19H20N6O5S3. The number of aromatic nitrogens is 2. The number of nitrogens with two attached hydrogens (primary N) is 1. The number of fused-ring (bicyclic) bond motifs is 1. The maximum Gasteiger partial charge on any atom is 0.316 e. The molecule has 0 bridgehead atoms. The summed E-state index contributed by atoms with van der Waals surface area (Å²) in [5.74, 6) is -1.75. The van der Waals surface area contributed by atoms with Gasteiger partial charge in [0.05, 0.1) is 11.2 Å². The van der Waals surface area contributed by atoms with Crippen LogP contribution in [-0.2, 0) is 19.2 Å². The van der Waals surface area contributed by atoms with E-state index in [4.69, 9.17) is 10.6 Å². The number of nitrogens with one attached hydrogen (secondary N) is 1. The van der Waals surface area contributed by atoms with Crippen molar-refractivity contribution in [1.82, 2.24) is 20.2 Å². The molecule has 2 saturated heterocycles. The Morgan fingerprint density at radius 3 is 2.85 bits per heavy atom. The Bertz CT molecular complexity index is 1160. The second-order valence-corrected chi connectivity index (χ2v) is 10.3. The Balaban J connectivity index is 1.47. The monoisotopic (exact) mass is 508 g/mol. The van der Waals surface area contributed by atoms with Crippen LogP contribution >= 0.6 is 34.4 Å². The van der Waals surface area contributed by atoms with Crippen molar-refractivity contribution in [2.75, 3.05) is 25.1 Å². The van der Waals surface area contributed by atoms with Gasteiger partial charge < -0.3 is 25.9 Å². The summed E-state index contributed by atoms with van der Waals surface area (Å²) in [4.78, 5) is 53.1. The topological polar surface area (TPSA) is 160 Å². The molecule has 2 aromatic rings. The molecule has 14 heteroatoms. The van der Waals surface area contributed by atoms with Gasteiger partial charge in [0, 0.05) is 22.6 Å². The van der Waals surface area contributed by atoms with Crippen molar-refractivity contribution in [2.45, 2.75) is 18.3 Å². The molecule has 0 radical (unpaired) electrons. The molecule has 2 aliphatic rings. The molecule has 4 N–H and O–H groups in total. The molecule has 2 fully saturated rings. The number of anilines is 1. The van der Waals surface area contributed by atoms with E-state index in [2.05, 4.69) is 20.4 Å². The van der Waals surface area contributed by atoms with Crippen LogP contribution in [-0.4, -0.2) is 74.3 Å². The molecule has 2 aliphatic heterocycles. The van der Waals surface area contributed by atoms with Crippen LogP contribution < -0.4 is 11.1 Å². The molecule has 2 amide bonds. The summed E-state index contributed by atoms with van der Waals surface area (Å²) in [6, 6.07) is -0.806. The number of rotatable bonds is 7. The number of oxime groups is 1. The number of nitrogen functional groups attached to an aromatic ring is 1. The quantitative estimate of drug-likeness (QED) is 0.282. The van der Waals surface area contributed by atoms with Crippen LogP contribution in [0.3, 0.4) is 0 Å². The lowest BCUT2D eigenvalue weighted by molar-refractivity contribution is -0.155. The number of hydrogen-bond acceptors (Lipinski definition) is 11. The first-order valence-electron chi connectivity index (χ1n) is 9.64. The van der Waals surface area contributed by atoms with Crippen LogP contribution in [0.4, 0.5) is 5.13 Å². The van der Waals surface area contributed by atoms with Gasteiger partial charge in [-0.05, 0) is 13.0 Å². The Hall–Kier alpha value is -2.97. The predicted octanol–water partition coefficient (Wildman–Crippen LogP) is 1.03. The molecule has 2 unspecified atom stereocenters. The van der Waals surface area contributed by atoms with E-state index in [1.807, 2.05) is 6.92 Å². The third kappa shape index (κ3) is 4.32. The normalized spacial score (nSPS) is 25.0. The molecule has 4 heterocycles. The van der Waals surface area contributed by atoms with Crippen molar-refractivity contribution < 1.29 is 24.3 Å². The maximum absolute atomic E-state index is 12.8. The van der Waals surface area contributed by atoms with Crippen LogP contribution in [0.1, 0.15) is 16.3 Å². The molecular weight excluding hydrogens is 488 g/mol. The second-order valence-electron chi connectivity index (χ2n) is 7.41. The van der Waals surface area contributed by atoms with Gasteiger partial charge in [0.1, 0.15) is 29.6 Å². The van der Waals surface area contributed by atoms with E-state index < -0.39 is 23.3 Å². The van der Waals surface area contributed by atoms with Gasteiger partial charge in [-0.2, -0.15) is 0 Å². The van der Waals surface area contributed by atoms with E-state index in [1.54, 1.807) is 23.0 Å². The molecule has 0 aliphatic carbocycles. The highest BCUT2D eigenvalue weighted by molar-refractivity contribution is 8.00. The van der Waals surface area contributed by atoms with E-state index in [0.29, 0.717) is 0 Å². The van der Waals surface area contributed by atoms with Crippen molar-refractivity contribution in [3.8, 4) is 0 Å². The molecule has 4 rings (SSSR count). The molecule has 174 valence electrons. The number of carboxylic acids is 1. The lowest BCUT2D eigenvalue weighted by Gasteiger charge is -2.53. The first-order valence-corrected chi connectivity index (χ1v) is 12.4. The van der Waals surface area contributed by atoms with E-state index >= 15 is 0 Å². The van der Waals surface area contributed by atoms with E-state index in [9.17, 15) is 19.5 Å². The number of carbonyl (C=O) groups is 3. The number of thiazole rings is 2. The number of hydrogen-bond donors (Lipinski definition) is 3. The number of carbonyl (C=O) groups excluding carboxylic acids is 2. The van der Waals surface area contributed by atoms with Crippen molar-refractivity contribution in [2.24, 2.45) is 10.6 Å². The Kier molecular flexibility index (Phi) is 6.41. The summed E-state index contributed by atoms with van der Waals surface area (Å²) in [6.07, 6.45) is 3.38. The number of thioether (sulfide) groups is 1. The molecule has 0 aromatic carbocycles. The summed E-state index contributed by atoms with van der Waals surface area (Å²) in [5.41, 5.74) is 7.06. The number of carboxylic acid groups (broad SMARTS) is 1. The zero-order chi connectivity index (χ0) is 23.8. The van der Waals surface area contributed by atoms with Gasteiger partial charge in [-0.1, -0.05) is 11.2 Å². The van der Waals surface area contributed by atoms with Gasteiger partial charge in [0.2, 0.25) is 5.91 Å². The number of aliphatic carboxylic acids is 1. The van der Waals surface area contributed by atoms with Crippen molar-refractivity contribution in [3.05, 3.63) is 33.2 Å². The summed E-state index contributed by atoms with van der Waals surface area (Å²) < 4.78 is 0. The Morgan fingerprint density at radius 1 is 1.45 bits per heavy atom. The standard InChI is InChI=1S/C19H20N6O5S3/c1-9-11(33-8-21-9)3-4-19(17(28)29)6-25-15(27)13(16(25)32-7-19)23-14(26)12(24-30-2)10-5-31-18(20)22-10/h3-5,8,13,16H,6-7H2,1-2H3,(H2,20,22)(H,23,26)(H,28,29)/t13?,16-,19?/m1/s1. The predicted molar refractivity (Wildman–Crippen MR) is 126 cm³/mol. The van der Waals surface area contributed by atoms with Gasteiger partial charge in [-0.15, -0.1) is 34.4 Å². The third-order valence-electron chi connectivity index (χ3n) is 5.32. The largest absolute Gasteiger partial charge is 0.481 e. The van der Waals surface area contributed by atoms with E-state index in [0.717, 1.165) is 21.9 Å². The fourth-order valence-electron chi connectivity index (χ4n) is 3.50. The molecule has 0 saturated carbocycles.